The molecule has 1 heterocycles. The van der Waals surface area contributed by atoms with Crippen LogP contribution in [0.15, 0.2) is 47.3 Å². The van der Waals surface area contributed by atoms with Crippen LogP contribution in [-0.2, 0) is 4.74 Å². The topological polar surface area (TPSA) is 36.9 Å². The molecule has 24 heavy (non-hydrogen) atoms. The van der Waals surface area contributed by atoms with E-state index in [0.29, 0.717) is 24.0 Å². The van der Waals surface area contributed by atoms with Crippen molar-refractivity contribution in [1.29, 1.82) is 0 Å². The number of anilines is 1. The van der Waals surface area contributed by atoms with Gasteiger partial charge in [-0.1, -0.05) is 11.8 Å². The summed E-state index contributed by atoms with van der Waals surface area (Å²) in [6.07, 6.45) is 6.05. The van der Waals surface area contributed by atoms with Crippen molar-refractivity contribution in [2.45, 2.75) is 12.5 Å². The number of aliphatic imine (C=N–C) groups is 1. The molecule has 0 aromatic heterocycles. The number of hydrogen-bond acceptors (Lipinski definition) is 4. The Hall–Kier alpha value is -2.58. The first-order valence-corrected chi connectivity index (χ1v) is 7.76. The molecule has 126 valence electrons. The highest BCUT2D eigenvalue weighted by Crippen LogP contribution is 2.15. The van der Waals surface area contributed by atoms with Crippen molar-refractivity contribution in [2.24, 2.45) is 4.99 Å². The van der Waals surface area contributed by atoms with E-state index >= 15 is 0 Å². The number of allylic oxidation sites excluding steroid dienone is 2. The van der Waals surface area contributed by atoms with Crippen LogP contribution < -0.4 is 10.2 Å². The maximum atomic E-state index is 13.6. The molecule has 1 atom stereocenters. The molecule has 0 amide bonds. The molecular formula is C19H22FN3O. The van der Waals surface area contributed by atoms with Crippen LogP contribution in [0.25, 0.3) is 0 Å². The fourth-order valence-electron chi connectivity index (χ4n) is 2.06. The van der Waals surface area contributed by atoms with E-state index in [1.165, 1.54) is 12.1 Å². The van der Waals surface area contributed by atoms with Crippen molar-refractivity contribution in [1.82, 2.24) is 5.32 Å². The Kier molecular flexibility index (Phi) is 6.59. The molecule has 1 fully saturated rings. The Labute approximate surface area is 142 Å². The fourth-order valence-corrected chi connectivity index (χ4v) is 2.06. The Bertz CT molecular complexity index is 694. The molecule has 1 saturated heterocycles. The second-order valence-corrected chi connectivity index (χ2v) is 5.66. The summed E-state index contributed by atoms with van der Waals surface area (Å²) >= 11 is 0. The zero-order valence-corrected chi connectivity index (χ0v) is 14.1. The number of nitrogens with zero attached hydrogens (tertiary/aromatic N) is 2. The molecule has 1 aliphatic rings. The van der Waals surface area contributed by atoms with Gasteiger partial charge in [0.15, 0.2) is 0 Å². The maximum absolute atomic E-state index is 13.6. The van der Waals surface area contributed by atoms with Gasteiger partial charge in [-0.15, -0.1) is 0 Å². The average molecular weight is 327 g/mol. The lowest BCUT2D eigenvalue weighted by Gasteiger charge is -2.27. The first kappa shape index (κ1) is 17.8. The van der Waals surface area contributed by atoms with Gasteiger partial charge in [0.25, 0.3) is 0 Å². The van der Waals surface area contributed by atoms with Crippen molar-refractivity contribution in [3.63, 3.8) is 0 Å². The lowest BCUT2D eigenvalue weighted by Crippen LogP contribution is -2.45. The van der Waals surface area contributed by atoms with Gasteiger partial charge in [0, 0.05) is 31.4 Å². The third kappa shape index (κ3) is 5.56. The molecule has 0 saturated carbocycles. The third-order valence-corrected chi connectivity index (χ3v) is 3.54. The van der Waals surface area contributed by atoms with Gasteiger partial charge in [-0.25, -0.2) is 4.39 Å². The lowest BCUT2D eigenvalue weighted by atomic mass is 10.1. The number of rotatable bonds is 6. The monoisotopic (exact) mass is 327 g/mol. The largest absolute Gasteiger partial charge is 0.490 e. The van der Waals surface area contributed by atoms with Gasteiger partial charge in [0.1, 0.15) is 18.2 Å². The zero-order chi connectivity index (χ0) is 17.4. The summed E-state index contributed by atoms with van der Waals surface area (Å²) in [5.41, 5.74) is 1.39. The quantitative estimate of drug-likeness (QED) is 0.378. The molecule has 1 aromatic carbocycles. The van der Waals surface area contributed by atoms with Crippen LogP contribution in [0.5, 0.6) is 0 Å². The van der Waals surface area contributed by atoms with Gasteiger partial charge in [-0.05, 0) is 50.0 Å². The Morgan fingerprint density at radius 1 is 1.50 bits per heavy atom. The maximum Gasteiger partial charge on any atom is 0.138 e. The van der Waals surface area contributed by atoms with Crippen LogP contribution in [0.4, 0.5) is 10.1 Å². The van der Waals surface area contributed by atoms with E-state index in [4.69, 9.17) is 4.74 Å². The van der Waals surface area contributed by atoms with E-state index in [1.807, 2.05) is 25.1 Å². The summed E-state index contributed by atoms with van der Waals surface area (Å²) in [6, 6.07) is 5.12. The minimum atomic E-state index is -0.303. The van der Waals surface area contributed by atoms with Crippen molar-refractivity contribution in [3.05, 3.63) is 53.7 Å². The Balaban J connectivity index is 1.99. The number of ether oxygens (including phenoxy) is 1. The molecule has 2 rings (SSSR count). The minimum Gasteiger partial charge on any atom is -0.490 e. The van der Waals surface area contributed by atoms with Gasteiger partial charge in [0.05, 0.1) is 6.20 Å². The normalized spacial score (nSPS) is 17.0. The van der Waals surface area contributed by atoms with Crippen molar-refractivity contribution in [3.8, 4) is 11.8 Å². The Morgan fingerprint density at radius 3 is 2.92 bits per heavy atom. The highest BCUT2D eigenvalue weighted by Gasteiger charge is 2.16. The van der Waals surface area contributed by atoms with E-state index in [2.05, 4.69) is 28.9 Å². The Morgan fingerprint density at radius 2 is 2.29 bits per heavy atom. The summed E-state index contributed by atoms with van der Waals surface area (Å²) in [5, 5.41) is 3.26. The molecule has 5 heteroatoms. The van der Waals surface area contributed by atoms with Gasteiger partial charge in [-0.2, -0.15) is 0 Å². The standard InChI is InChI=1S/C19H22FN3O/c1-21-13-19(24-14-17-8-9-22-17)7-5-4-6-15-10-16(20)12-18(11-15)23(2)3/h5,7,10-13,17,22H,1,8-9,14H2,2-3H3/b7-5+,19-13+. The smallest absolute Gasteiger partial charge is 0.138 e. The second kappa shape index (κ2) is 8.90. The lowest BCUT2D eigenvalue weighted by molar-refractivity contribution is 0.157. The molecule has 4 nitrogen and oxygen atoms in total. The summed E-state index contributed by atoms with van der Waals surface area (Å²) in [5.74, 6) is 6.10. The molecule has 1 N–H and O–H groups in total. The van der Waals surface area contributed by atoms with Crippen LogP contribution in [0, 0.1) is 17.7 Å². The zero-order valence-electron chi connectivity index (χ0n) is 14.1. The first-order valence-electron chi connectivity index (χ1n) is 7.76. The molecule has 0 aliphatic carbocycles. The van der Waals surface area contributed by atoms with Crippen LogP contribution in [0.1, 0.15) is 12.0 Å². The van der Waals surface area contributed by atoms with E-state index in [1.54, 1.807) is 18.4 Å². The van der Waals surface area contributed by atoms with Crippen LogP contribution in [0.3, 0.4) is 0 Å². The van der Waals surface area contributed by atoms with Crippen molar-refractivity contribution in [2.75, 3.05) is 32.1 Å². The van der Waals surface area contributed by atoms with Gasteiger partial charge in [-0.3, -0.25) is 4.99 Å². The first-order chi connectivity index (χ1) is 11.6. The predicted octanol–water partition coefficient (Wildman–Crippen LogP) is 2.72. The molecule has 1 aliphatic heterocycles. The SMILES string of the molecule is C=N/C=C(\C=C\C#Cc1cc(F)cc(N(C)C)c1)OCC1CCN1. The molecule has 1 unspecified atom stereocenters. The number of halogens is 1. The summed E-state index contributed by atoms with van der Waals surface area (Å²) in [7, 11) is 3.72. The van der Waals surface area contributed by atoms with Crippen LogP contribution in [-0.4, -0.2) is 40.0 Å². The highest BCUT2D eigenvalue weighted by molar-refractivity contribution is 5.52. The number of benzene rings is 1. The minimum absolute atomic E-state index is 0.303. The van der Waals surface area contributed by atoms with E-state index in [-0.39, 0.29) is 5.82 Å². The summed E-state index contributed by atoms with van der Waals surface area (Å²) < 4.78 is 19.2. The van der Waals surface area contributed by atoms with Crippen LogP contribution >= 0.6 is 0 Å². The van der Waals surface area contributed by atoms with E-state index in [0.717, 1.165) is 18.7 Å². The molecular weight excluding hydrogens is 305 g/mol. The number of nitrogens with one attached hydrogen (secondary N) is 1. The van der Waals surface area contributed by atoms with E-state index < -0.39 is 0 Å². The summed E-state index contributed by atoms with van der Waals surface area (Å²) in [6.45, 7) is 5.07. The highest BCUT2D eigenvalue weighted by atomic mass is 19.1. The third-order valence-electron chi connectivity index (χ3n) is 3.54. The van der Waals surface area contributed by atoms with Crippen molar-refractivity contribution >= 4 is 12.4 Å². The predicted molar refractivity (Wildman–Crippen MR) is 96.7 cm³/mol. The van der Waals surface area contributed by atoms with Crippen molar-refractivity contribution < 1.29 is 9.13 Å². The molecule has 0 bridgehead atoms. The second-order valence-electron chi connectivity index (χ2n) is 5.66. The fraction of sp³-hybridized carbons (Fsp3) is 0.316. The van der Waals surface area contributed by atoms with E-state index in [9.17, 15) is 4.39 Å². The molecule has 0 radical (unpaired) electrons. The van der Waals surface area contributed by atoms with Crippen LogP contribution in [0.2, 0.25) is 0 Å². The van der Waals surface area contributed by atoms with Gasteiger partial charge < -0.3 is 15.0 Å². The molecule has 0 spiro atoms. The number of hydrogen-bond donors (Lipinski definition) is 1. The molecule has 1 aromatic rings. The average Bonchev–Trinajstić information content (AvgIpc) is 2.49. The van der Waals surface area contributed by atoms with Gasteiger partial charge in [0.2, 0.25) is 0 Å². The van der Waals surface area contributed by atoms with Gasteiger partial charge >= 0.3 is 0 Å². The summed E-state index contributed by atoms with van der Waals surface area (Å²) in [4.78, 5) is 5.56.